The topological polar surface area (TPSA) is 71.7 Å². The average molecular weight is 253 g/mol. The van der Waals surface area contributed by atoms with Crippen molar-refractivity contribution in [3.8, 4) is 0 Å². The van der Waals surface area contributed by atoms with Crippen molar-refractivity contribution in [3.63, 3.8) is 0 Å². The van der Waals surface area contributed by atoms with Gasteiger partial charge in [0.25, 0.3) is 0 Å². The third-order valence-corrected chi connectivity index (χ3v) is 3.48. The summed E-state index contributed by atoms with van der Waals surface area (Å²) in [6.07, 6.45) is 3.54. The first-order valence-corrected chi connectivity index (χ1v) is 6.23. The molecule has 1 aliphatic rings. The summed E-state index contributed by atoms with van der Waals surface area (Å²) in [6, 6.07) is 3.48. The van der Waals surface area contributed by atoms with Crippen LogP contribution in [0.25, 0.3) is 0 Å². The van der Waals surface area contributed by atoms with Crippen LogP contribution in [0.5, 0.6) is 0 Å². The minimum absolute atomic E-state index is 0.0150. The molecule has 1 aliphatic carbocycles. The predicted octanol–water partition coefficient (Wildman–Crippen LogP) is 2.20. The van der Waals surface area contributed by atoms with Crippen molar-refractivity contribution in [1.82, 2.24) is 5.32 Å². The number of hydrogen-bond acceptors (Lipinski definition) is 4. The molecule has 0 amide bonds. The van der Waals surface area contributed by atoms with Gasteiger partial charge in [0.05, 0.1) is 12.1 Å². The van der Waals surface area contributed by atoms with E-state index < -0.39 is 5.97 Å². The monoisotopic (exact) mass is 253 g/mol. The standard InChI is InChI=1S/C13H19NO4/c1-8(10-6-7-12(18-10)13(15)16)14-9-4-3-5-11(9)17-2/h6-9,11,14H,3-5H2,1-2H3,(H,15,16). The fourth-order valence-corrected chi connectivity index (χ4v) is 2.50. The van der Waals surface area contributed by atoms with Crippen LogP contribution in [0.3, 0.4) is 0 Å². The molecule has 1 heterocycles. The Balaban J connectivity index is 1.98. The number of carbonyl (C=O) groups is 1. The Morgan fingerprint density at radius 3 is 2.94 bits per heavy atom. The van der Waals surface area contributed by atoms with Crippen LogP contribution in [0, 0.1) is 0 Å². The van der Waals surface area contributed by atoms with Crippen LogP contribution in [0.4, 0.5) is 0 Å². The molecule has 0 aromatic carbocycles. The van der Waals surface area contributed by atoms with Crippen molar-refractivity contribution in [2.24, 2.45) is 0 Å². The second-order valence-corrected chi connectivity index (χ2v) is 4.71. The molecule has 0 radical (unpaired) electrons. The van der Waals surface area contributed by atoms with Crippen LogP contribution >= 0.6 is 0 Å². The summed E-state index contributed by atoms with van der Waals surface area (Å²) in [5, 5.41) is 12.2. The lowest BCUT2D eigenvalue weighted by Crippen LogP contribution is -2.38. The molecule has 1 saturated carbocycles. The van der Waals surface area contributed by atoms with E-state index in [4.69, 9.17) is 14.3 Å². The quantitative estimate of drug-likeness (QED) is 0.841. The second kappa shape index (κ2) is 5.54. The van der Waals surface area contributed by atoms with Gasteiger partial charge in [0.2, 0.25) is 5.76 Å². The first kappa shape index (κ1) is 13.1. The van der Waals surface area contributed by atoms with Crippen molar-refractivity contribution in [3.05, 3.63) is 23.7 Å². The fraction of sp³-hybridized carbons (Fsp3) is 0.615. The molecular formula is C13H19NO4. The highest BCUT2D eigenvalue weighted by Crippen LogP contribution is 2.25. The third-order valence-electron chi connectivity index (χ3n) is 3.48. The van der Waals surface area contributed by atoms with Gasteiger partial charge in [0.1, 0.15) is 5.76 Å². The third kappa shape index (κ3) is 2.73. The van der Waals surface area contributed by atoms with Crippen LogP contribution in [0.15, 0.2) is 16.5 Å². The maximum atomic E-state index is 10.7. The van der Waals surface area contributed by atoms with Gasteiger partial charge in [-0.15, -0.1) is 0 Å². The number of rotatable bonds is 5. The summed E-state index contributed by atoms with van der Waals surface area (Å²) in [5.74, 6) is -0.411. The maximum Gasteiger partial charge on any atom is 0.371 e. The number of nitrogens with one attached hydrogen (secondary N) is 1. The lowest BCUT2D eigenvalue weighted by atomic mass is 10.1. The molecule has 100 valence electrons. The van der Waals surface area contributed by atoms with Gasteiger partial charge in [0.15, 0.2) is 0 Å². The molecule has 0 aliphatic heterocycles. The Morgan fingerprint density at radius 1 is 1.56 bits per heavy atom. The van der Waals surface area contributed by atoms with Gasteiger partial charge in [-0.25, -0.2) is 4.79 Å². The molecule has 0 saturated heterocycles. The Labute approximate surface area is 106 Å². The predicted molar refractivity (Wildman–Crippen MR) is 65.7 cm³/mol. The van der Waals surface area contributed by atoms with Gasteiger partial charge in [-0.2, -0.15) is 0 Å². The normalized spacial score (nSPS) is 25.2. The Hall–Kier alpha value is -1.33. The van der Waals surface area contributed by atoms with Crippen molar-refractivity contribution in [2.45, 2.75) is 44.4 Å². The van der Waals surface area contributed by atoms with Crippen molar-refractivity contribution in [1.29, 1.82) is 0 Å². The van der Waals surface area contributed by atoms with E-state index in [0.717, 1.165) is 19.3 Å². The second-order valence-electron chi connectivity index (χ2n) is 4.71. The zero-order chi connectivity index (χ0) is 13.1. The van der Waals surface area contributed by atoms with Crippen LogP contribution in [0.2, 0.25) is 0 Å². The minimum Gasteiger partial charge on any atom is -0.475 e. The number of carboxylic acids is 1. The number of hydrogen-bond donors (Lipinski definition) is 2. The van der Waals surface area contributed by atoms with Gasteiger partial charge in [-0.3, -0.25) is 0 Å². The first-order valence-electron chi connectivity index (χ1n) is 6.23. The number of aromatic carboxylic acids is 1. The molecule has 2 N–H and O–H groups in total. The fourth-order valence-electron chi connectivity index (χ4n) is 2.50. The maximum absolute atomic E-state index is 10.7. The summed E-state index contributed by atoms with van der Waals surface area (Å²) in [5.41, 5.74) is 0. The number of methoxy groups -OCH3 is 1. The summed E-state index contributed by atoms with van der Waals surface area (Å²) >= 11 is 0. The molecule has 1 aromatic heterocycles. The molecule has 18 heavy (non-hydrogen) atoms. The van der Waals surface area contributed by atoms with Gasteiger partial charge in [0, 0.05) is 13.2 Å². The van der Waals surface area contributed by atoms with E-state index in [1.54, 1.807) is 13.2 Å². The highest BCUT2D eigenvalue weighted by atomic mass is 16.5. The molecule has 0 spiro atoms. The largest absolute Gasteiger partial charge is 0.475 e. The molecule has 5 nitrogen and oxygen atoms in total. The number of furan rings is 1. The van der Waals surface area contributed by atoms with Crippen molar-refractivity contribution < 1.29 is 19.1 Å². The zero-order valence-corrected chi connectivity index (χ0v) is 10.7. The molecule has 1 fully saturated rings. The SMILES string of the molecule is COC1CCCC1NC(C)c1ccc(C(=O)O)o1. The van der Waals surface area contributed by atoms with E-state index in [-0.39, 0.29) is 17.9 Å². The lowest BCUT2D eigenvalue weighted by molar-refractivity contribution is 0.0656. The number of ether oxygens (including phenoxy) is 1. The van der Waals surface area contributed by atoms with Crippen molar-refractivity contribution in [2.75, 3.05) is 7.11 Å². The van der Waals surface area contributed by atoms with Gasteiger partial charge in [-0.1, -0.05) is 0 Å². The first-order chi connectivity index (χ1) is 8.61. The molecule has 0 bridgehead atoms. The Morgan fingerprint density at radius 2 is 2.33 bits per heavy atom. The highest BCUT2D eigenvalue weighted by Gasteiger charge is 2.29. The van der Waals surface area contributed by atoms with Crippen LogP contribution < -0.4 is 5.32 Å². The van der Waals surface area contributed by atoms with Gasteiger partial charge >= 0.3 is 5.97 Å². The van der Waals surface area contributed by atoms with Gasteiger partial charge in [-0.05, 0) is 38.3 Å². The Bertz CT molecular complexity index is 415. The molecular weight excluding hydrogens is 234 g/mol. The number of carboxylic acid groups (broad SMARTS) is 1. The summed E-state index contributed by atoms with van der Waals surface area (Å²) in [7, 11) is 1.73. The van der Waals surface area contributed by atoms with E-state index in [1.807, 2.05) is 6.92 Å². The van der Waals surface area contributed by atoms with E-state index in [9.17, 15) is 4.79 Å². The van der Waals surface area contributed by atoms with Crippen LogP contribution in [-0.4, -0.2) is 30.3 Å². The van der Waals surface area contributed by atoms with Crippen LogP contribution in [-0.2, 0) is 4.74 Å². The minimum atomic E-state index is -1.04. The van der Waals surface area contributed by atoms with Crippen LogP contribution in [0.1, 0.15) is 48.5 Å². The summed E-state index contributed by atoms with van der Waals surface area (Å²) < 4.78 is 10.7. The lowest BCUT2D eigenvalue weighted by Gasteiger charge is -2.23. The van der Waals surface area contributed by atoms with E-state index in [1.165, 1.54) is 6.07 Å². The zero-order valence-electron chi connectivity index (χ0n) is 10.7. The summed E-state index contributed by atoms with van der Waals surface area (Å²) in [4.78, 5) is 10.7. The Kier molecular flexibility index (Phi) is 4.04. The molecule has 5 heteroatoms. The van der Waals surface area contributed by atoms with Crippen molar-refractivity contribution >= 4 is 5.97 Å². The molecule has 1 aromatic rings. The highest BCUT2D eigenvalue weighted by molar-refractivity contribution is 5.84. The molecule has 2 rings (SSSR count). The van der Waals surface area contributed by atoms with E-state index in [2.05, 4.69) is 5.32 Å². The molecule has 3 atom stereocenters. The van der Waals surface area contributed by atoms with E-state index in [0.29, 0.717) is 11.8 Å². The van der Waals surface area contributed by atoms with E-state index >= 15 is 0 Å². The smallest absolute Gasteiger partial charge is 0.371 e. The molecule has 3 unspecified atom stereocenters. The van der Waals surface area contributed by atoms with Gasteiger partial charge < -0.3 is 19.6 Å². The average Bonchev–Trinajstić information content (AvgIpc) is 2.96. The summed E-state index contributed by atoms with van der Waals surface area (Å²) in [6.45, 7) is 1.97.